The van der Waals surface area contributed by atoms with Crippen LogP contribution in [-0.2, 0) is 11.2 Å². The highest BCUT2D eigenvalue weighted by molar-refractivity contribution is 7.81. The average Bonchev–Trinajstić information content (AvgIpc) is 2.26. The monoisotopic (exact) mass is 260 g/mol. The lowest BCUT2D eigenvalue weighted by Gasteiger charge is -2.28. The van der Waals surface area contributed by atoms with Crippen LogP contribution in [0.1, 0.15) is 12.0 Å². The SMILES string of the molecule is Fc1cccc(Cl)c1C[C@H]1COCC[C@@H]1S. The molecule has 16 heavy (non-hydrogen) atoms. The smallest absolute Gasteiger partial charge is 0.127 e. The molecule has 1 aromatic rings. The highest BCUT2D eigenvalue weighted by atomic mass is 35.5. The van der Waals surface area contributed by atoms with Crippen LogP contribution in [0.4, 0.5) is 4.39 Å². The van der Waals surface area contributed by atoms with Gasteiger partial charge in [-0.2, -0.15) is 12.6 Å². The molecule has 0 aliphatic carbocycles. The molecule has 0 aromatic heterocycles. The topological polar surface area (TPSA) is 9.23 Å². The van der Waals surface area contributed by atoms with Crippen LogP contribution >= 0.6 is 24.2 Å². The summed E-state index contributed by atoms with van der Waals surface area (Å²) < 4.78 is 19.0. The Morgan fingerprint density at radius 2 is 2.31 bits per heavy atom. The fourth-order valence-corrected chi connectivity index (χ4v) is 2.51. The molecule has 0 saturated carbocycles. The lowest BCUT2D eigenvalue weighted by molar-refractivity contribution is 0.0594. The largest absolute Gasteiger partial charge is 0.381 e. The maximum atomic E-state index is 13.6. The summed E-state index contributed by atoms with van der Waals surface area (Å²) in [5.74, 6) is 0.00471. The third-order valence-corrected chi connectivity index (χ3v) is 4.00. The van der Waals surface area contributed by atoms with Crippen molar-refractivity contribution in [1.82, 2.24) is 0 Å². The summed E-state index contributed by atoms with van der Waals surface area (Å²) in [7, 11) is 0. The van der Waals surface area contributed by atoms with E-state index in [4.69, 9.17) is 16.3 Å². The van der Waals surface area contributed by atoms with Crippen molar-refractivity contribution in [1.29, 1.82) is 0 Å². The van der Waals surface area contributed by atoms with Crippen molar-refractivity contribution in [2.75, 3.05) is 13.2 Å². The predicted molar refractivity (Wildman–Crippen MR) is 66.8 cm³/mol. The zero-order chi connectivity index (χ0) is 11.5. The van der Waals surface area contributed by atoms with E-state index in [1.165, 1.54) is 6.07 Å². The van der Waals surface area contributed by atoms with E-state index in [1.807, 2.05) is 0 Å². The first-order valence-corrected chi connectivity index (χ1v) is 6.26. The van der Waals surface area contributed by atoms with Crippen LogP contribution in [0.25, 0.3) is 0 Å². The molecular formula is C12H14ClFOS. The summed E-state index contributed by atoms with van der Waals surface area (Å²) in [5, 5.41) is 0.760. The molecule has 88 valence electrons. The predicted octanol–water partition coefficient (Wildman–Crippen LogP) is 3.36. The van der Waals surface area contributed by atoms with Crippen molar-refractivity contribution in [3.05, 3.63) is 34.6 Å². The van der Waals surface area contributed by atoms with Gasteiger partial charge in [0.1, 0.15) is 5.82 Å². The maximum absolute atomic E-state index is 13.6. The van der Waals surface area contributed by atoms with E-state index >= 15 is 0 Å². The minimum atomic E-state index is -0.237. The van der Waals surface area contributed by atoms with Crippen LogP contribution in [-0.4, -0.2) is 18.5 Å². The summed E-state index contributed by atoms with van der Waals surface area (Å²) in [6, 6.07) is 4.78. The molecule has 1 fully saturated rings. The molecule has 1 saturated heterocycles. The number of benzene rings is 1. The van der Waals surface area contributed by atoms with Gasteiger partial charge in [0.05, 0.1) is 6.61 Å². The number of hydrogen-bond acceptors (Lipinski definition) is 2. The van der Waals surface area contributed by atoms with Crippen LogP contribution in [0.2, 0.25) is 5.02 Å². The van der Waals surface area contributed by atoms with Gasteiger partial charge in [0.2, 0.25) is 0 Å². The van der Waals surface area contributed by atoms with Gasteiger partial charge in [-0.3, -0.25) is 0 Å². The lowest BCUT2D eigenvalue weighted by atomic mass is 9.93. The summed E-state index contributed by atoms with van der Waals surface area (Å²) in [5.41, 5.74) is 0.582. The third kappa shape index (κ3) is 2.70. The summed E-state index contributed by atoms with van der Waals surface area (Å²) >= 11 is 10.5. The maximum Gasteiger partial charge on any atom is 0.127 e. The van der Waals surface area contributed by atoms with Gasteiger partial charge in [0.15, 0.2) is 0 Å². The van der Waals surface area contributed by atoms with Crippen molar-refractivity contribution < 1.29 is 9.13 Å². The minimum Gasteiger partial charge on any atom is -0.381 e. The van der Waals surface area contributed by atoms with Crippen LogP contribution in [0.5, 0.6) is 0 Å². The molecule has 4 heteroatoms. The first-order chi connectivity index (χ1) is 7.68. The quantitative estimate of drug-likeness (QED) is 0.803. The molecule has 0 amide bonds. The first-order valence-electron chi connectivity index (χ1n) is 5.37. The van der Waals surface area contributed by atoms with Crippen molar-refractivity contribution in [3.63, 3.8) is 0 Å². The van der Waals surface area contributed by atoms with E-state index in [0.717, 1.165) is 13.0 Å². The van der Waals surface area contributed by atoms with Gasteiger partial charge in [-0.05, 0) is 30.9 Å². The Labute approximate surface area is 105 Å². The molecular weight excluding hydrogens is 247 g/mol. The van der Waals surface area contributed by atoms with Crippen molar-refractivity contribution in [3.8, 4) is 0 Å². The molecule has 0 unspecified atom stereocenters. The minimum absolute atomic E-state index is 0.237. The third-order valence-electron chi connectivity index (χ3n) is 2.96. The van der Waals surface area contributed by atoms with Gasteiger partial charge in [0, 0.05) is 22.4 Å². The van der Waals surface area contributed by atoms with Crippen molar-refractivity contribution in [2.45, 2.75) is 18.1 Å². The number of hydrogen-bond donors (Lipinski definition) is 1. The van der Waals surface area contributed by atoms with E-state index in [-0.39, 0.29) is 17.0 Å². The Bertz CT molecular complexity index is 352. The number of ether oxygens (including phenoxy) is 1. The molecule has 1 aliphatic heterocycles. The first kappa shape index (κ1) is 12.2. The zero-order valence-electron chi connectivity index (χ0n) is 8.83. The van der Waals surface area contributed by atoms with E-state index in [2.05, 4.69) is 12.6 Å². The van der Waals surface area contributed by atoms with Gasteiger partial charge in [-0.25, -0.2) is 4.39 Å². The summed E-state index contributed by atoms with van der Waals surface area (Å²) in [6.45, 7) is 1.38. The van der Waals surface area contributed by atoms with Crippen LogP contribution < -0.4 is 0 Å². The van der Waals surface area contributed by atoms with E-state index in [9.17, 15) is 4.39 Å². The van der Waals surface area contributed by atoms with Crippen LogP contribution in [0.15, 0.2) is 18.2 Å². The molecule has 1 aromatic carbocycles. The summed E-state index contributed by atoms with van der Waals surface area (Å²) in [6.07, 6.45) is 1.51. The molecule has 1 nitrogen and oxygen atoms in total. The molecule has 0 bridgehead atoms. The second-order valence-electron chi connectivity index (χ2n) is 4.10. The van der Waals surface area contributed by atoms with Gasteiger partial charge in [0.25, 0.3) is 0 Å². The van der Waals surface area contributed by atoms with E-state index < -0.39 is 0 Å². The van der Waals surface area contributed by atoms with Crippen molar-refractivity contribution >= 4 is 24.2 Å². The second-order valence-corrected chi connectivity index (χ2v) is 5.17. The van der Waals surface area contributed by atoms with Gasteiger partial charge >= 0.3 is 0 Å². The highest BCUT2D eigenvalue weighted by Crippen LogP contribution is 2.28. The Balaban J connectivity index is 2.13. The molecule has 0 radical (unpaired) electrons. The Morgan fingerprint density at radius 1 is 1.50 bits per heavy atom. The van der Waals surface area contributed by atoms with Gasteiger partial charge in [-0.15, -0.1) is 0 Å². The lowest BCUT2D eigenvalue weighted by Crippen LogP contribution is -2.30. The molecule has 2 rings (SSSR count). The normalized spacial score (nSPS) is 25.7. The standard InChI is InChI=1S/C12H14ClFOS/c13-10-2-1-3-11(14)9(10)6-8-7-15-5-4-12(8)16/h1-3,8,12,16H,4-7H2/t8-,12-/m0/s1. The Morgan fingerprint density at radius 3 is 3.00 bits per heavy atom. The molecule has 2 atom stereocenters. The fourth-order valence-electron chi connectivity index (χ4n) is 1.97. The Hall–Kier alpha value is -0.250. The van der Waals surface area contributed by atoms with Gasteiger partial charge in [-0.1, -0.05) is 17.7 Å². The molecule has 1 heterocycles. The number of rotatable bonds is 2. The molecule has 0 spiro atoms. The Kier molecular flexibility index (Phi) is 4.11. The molecule has 1 aliphatic rings. The van der Waals surface area contributed by atoms with Crippen molar-refractivity contribution in [2.24, 2.45) is 5.92 Å². The van der Waals surface area contributed by atoms with E-state index in [1.54, 1.807) is 12.1 Å². The molecule has 0 N–H and O–H groups in total. The second kappa shape index (κ2) is 5.39. The zero-order valence-corrected chi connectivity index (χ0v) is 10.5. The number of thiol groups is 1. The van der Waals surface area contributed by atoms with E-state index in [0.29, 0.717) is 23.6 Å². The summed E-state index contributed by atoms with van der Waals surface area (Å²) in [4.78, 5) is 0. The highest BCUT2D eigenvalue weighted by Gasteiger charge is 2.24. The van der Waals surface area contributed by atoms with Crippen LogP contribution in [0, 0.1) is 11.7 Å². The fraction of sp³-hybridized carbons (Fsp3) is 0.500. The van der Waals surface area contributed by atoms with Crippen LogP contribution in [0.3, 0.4) is 0 Å². The van der Waals surface area contributed by atoms with Gasteiger partial charge < -0.3 is 4.74 Å². The average molecular weight is 261 g/mol. The number of halogens is 2.